The maximum Gasteiger partial charge on any atom is 0.255 e. The number of nitrogens with zero attached hydrogens (tertiary/aromatic N) is 1. The Morgan fingerprint density at radius 3 is 2.48 bits per heavy atom. The number of carbonyl (C=O) groups is 2. The molecule has 2 aromatic carbocycles. The molecule has 1 fully saturated rings. The molecule has 0 aromatic heterocycles. The van der Waals surface area contributed by atoms with Crippen LogP contribution in [-0.4, -0.2) is 36.9 Å². The van der Waals surface area contributed by atoms with E-state index in [1.165, 1.54) is 0 Å². The molecule has 0 bridgehead atoms. The van der Waals surface area contributed by atoms with Crippen LogP contribution in [0, 0.1) is 6.92 Å². The molecule has 5 heteroatoms. The number of aryl methyl sites for hydroxylation is 1. The number of methoxy groups -OCH3 is 1. The third-order valence-corrected chi connectivity index (χ3v) is 4.37. The molecule has 130 valence electrons. The van der Waals surface area contributed by atoms with E-state index in [4.69, 9.17) is 4.74 Å². The molecule has 0 unspecified atom stereocenters. The largest absolute Gasteiger partial charge is 0.495 e. The van der Waals surface area contributed by atoms with Gasteiger partial charge >= 0.3 is 0 Å². The number of anilines is 1. The minimum atomic E-state index is -0.264. The van der Waals surface area contributed by atoms with Crippen LogP contribution in [0.25, 0.3) is 0 Å². The minimum absolute atomic E-state index is 0.0136. The van der Waals surface area contributed by atoms with Crippen molar-refractivity contribution >= 4 is 17.5 Å². The van der Waals surface area contributed by atoms with E-state index in [-0.39, 0.29) is 11.8 Å². The highest BCUT2D eigenvalue weighted by molar-refractivity contribution is 6.06. The minimum Gasteiger partial charge on any atom is -0.495 e. The molecule has 5 nitrogen and oxygen atoms in total. The molecule has 0 spiro atoms. The van der Waals surface area contributed by atoms with E-state index in [1.807, 2.05) is 30.0 Å². The normalized spacial score (nSPS) is 13.6. The molecule has 1 heterocycles. The SMILES string of the molecule is COc1ccc(C)cc1NC(=O)c1cccc(C(=O)N2CCCC2)c1. The molecule has 0 atom stereocenters. The Kier molecular flexibility index (Phi) is 5.03. The second-order valence-corrected chi connectivity index (χ2v) is 6.24. The van der Waals surface area contributed by atoms with Gasteiger partial charge in [0.2, 0.25) is 0 Å². The smallest absolute Gasteiger partial charge is 0.255 e. The molecule has 1 aliphatic rings. The van der Waals surface area contributed by atoms with Gasteiger partial charge in [-0.15, -0.1) is 0 Å². The van der Waals surface area contributed by atoms with Gasteiger partial charge in [-0.2, -0.15) is 0 Å². The van der Waals surface area contributed by atoms with E-state index in [9.17, 15) is 9.59 Å². The molecule has 1 aliphatic heterocycles. The number of hydrogen-bond donors (Lipinski definition) is 1. The summed E-state index contributed by atoms with van der Waals surface area (Å²) in [5, 5.41) is 2.87. The molecule has 0 radical (unpaired) electrons. The van der Waals surface area contributed by atoms with Gasteiger partial charge in [-0.05, 0) is 55.7 Å². The number of nitrogens with one attached hydrogen (secondary N) is 1. The summed E-state index contributed by atoms with van der Waals surface area (Å²) in [5.74, 6) is 0.323. The lowest BCUT2D eigenvalue weighted by atomic mass is 10.1. The van der Waals surface area contributed by atoms with E-state index in [1.54, 1.807) is 31.4 Å². The first kappa shape index (κ1) is 17.0. The van der Waals surface area contributed by atoms with Gasteiger partial charge < -0.3 is 15.0 Å². The number of hydrogen-bond acceptors (Lipinski definition) is 3. The summed E-state index contributed by atoms with van der Waals surface area (Å²) in [6.07, 6.45) is 2.08. The Labute approximate surface area is 147 Å². The fourth-order valence-electron chi connectivity index (χ4n) is 3.01. The molecular weight excluding hydrogens is 316 g/mol. The van der Waals surface area contributed by atoms with E-state index >= 15 is 0 Å². The summed E-state index contributed by atoms with van der Waals surface area (Å²) in [6, 6.07) is 12.4. The number of likely N-dealkylation sites (tertiary alicyclic amines) is 1. The molecular formula is C20H22N2O3. The quantitative estimate of drug-likeness (QED) is 0.928. The molecule has 3 rings (SSSR count). The lowest BCUT2D eigenvalue weighted by Crippen LogP contribution is -2.27. The van der Waals surface area contributed by atoms with Gasteiger partial charge in [0.15, 0.2) is 0 Å². The zero-order valence-electron chi connectivity index (χ0n) is 14.5. The lowest BCUT2D eigenvalue weighted by Gasteiger charge is -2.16. The maximum atomic E-state index is 12.6. The van der Waals surface area contributed by atoms with Crippen molar-refractivity contribution < 1.29 is 14.3 Å². The van der Waals surface area contributed by atoms with Crippen molar-refractivity contribution in [2.45, 2.75) is 19.8 Å². The Balaban J connectivity index is 1.80. The second-order valence-electron chi connectivity index (χ2n) is 6.24. The average molecular weight is 338 g/mol. The second kappa shape index (κ2) is 7.38. The Morgan fingerprint density at radius 2 is 1.76 bits per heavy atom. The first-order valence-corrected chi connectivity index (χ1v) is 8.44. The summed E-state index contributed by atoms with van der Waals surface area (Å²) in [6.45, 7) is 3.52. The van der Waals surface area contributed by atoms with Gasteiger partial charge in [0.25, 0.3) is 11.8 Å². The zero-order valence-corrected chi connectivity index (χ0v) is 14.5. The highest BCUT2D eigenvalue weighted by Crippen LogP contribution is 2.26. The monoisotopic (exact) mass is 338 g/mol. The van der Waals surface area contributed by atoms with E-state index in [2.05, 4.69) is 5.32 Å². The van der Waals surface area contributed by atoms with Crippen molar-refractivity contribution in [3.63, 3.8) is 0 Å². The molecule has 2 aromatic rings. The lowest BCUT2D eigenvalue weighted by molar-refractivity contribution is 0.0793. The van der Waals surface area contributed by atoms with Crippen molar-refractivity contribution in [2.24, 2.45) is 0 Å². The van der Waals surface area contributed by atoms with Crippen LogP contribution < -0.4 is 10.1 Å². The van der Waals surface area contributed by atoms with Crippen LogP contribution in [0.2, 0.25) is 0 Å². The van der Waals surface area contributed by atoms with Gasteiger partial charge in [0.1, 0.15) is 5.75 Å². The van der Waals surface area contributed by atoms with E-state index in [0.717, 1.165) is 31.5 Å². The standard InChI is InChI=1S/C20H22N2O3/c1-14-8-9-18(25-2)17(12-14)21-19(23)15-6-5-7-16(13-15)20(24)22-10-3-4-11-22/h5-9,12-13H,3-4,10-11H2,1-2H3,(H,21,23). The van der Waals surface area contributed by atoms with Crippen LogP contribution in [0.4, 0.5) is 5.69 Å². The Hall–Kier alpha value is -2.82. The van der Waals surface area contributed by atoms with Gasteiger partial charge in [0, 0.05) is 24.2 Å². The summed E-state index contributed by atoms with van der Waals surface area (Å²) in [4.78, 5) is 26.9. The predicted molar refractivity (Wildman–Crippen MR) is 97.3 cm³/mol. The third kappa shape index (κ3) is 3.82. The highest BCUT2D eigenvalue weighted by atomic mass is 16.5. The number of amides is 2. The van der Waals surface area contributed by atoms with E-state index < -0.39 is 0 Å². The van der Waals surface area contributed by atoms with Crippen molar-refractivity contribution in [1.82, 2.24) is 4.90 Å². The fraction of sp³-hybridized carbons (Fsp3) is 0.300. The predicted octanol–water partition coefficient (Wildman–Crippen LogP) is 3.49. The molecule has 0 saturated carbocycles. The number of carbonyl (C=O) groups excluding carboxylic acids is 2. The third-order valence-electron chi connectivity index (χ3n) is 4.37. The summed E-state index contributed by atoms with van der Waals surface area (Å²) < 4.78 is 5.29. The van der Waals surface area contributed by atoms with Crippen LogP contribution >= 0.6 is 0 Å². The van der Waals surface area contributed by atoms with Gasteiger partial charge in [0.05, 0.1) is 12.8 Å². The zero-order chi connectivity index (χ0) is 17.8. The Morgan fingerprint density at radius 1 is 1.04 bits per heavy atom. The first-order valence-electron chi connectivity index (χ1n) is 8.44. The van der Waals surface area contributed by atoms with Crippen molar-refractivity contribution in [3.8, 4) is 5.75 Å². The summed E-state index contributed by atoms with van der Waals surface area (Å²) >= 11 is 0. The summed E-state index contributed by atoms with van der Waals surface area (Å²) in [5.41, 5.74) is 2.64. The fourth-order valence-corrected chi connectivity index (χ4v) is 3.01. The molecule has 2 amide bonds. The van der Waals surface area contributed by atoms with Crippen LogP contribution in [-0.2, 0) is 0 Å². The maximum absolute atomic E-state index is 12.6. The molecule has 25 heavy (non-hydrogen) atoms. The highest BCUT2D eigenvalue weighted by Gasteiger charge is 2.20. The molecule has 1 saturated heterocycles. The van der Waals surface area contributed by atoms with E-state index in [0.29, 0.717) is 22.6 Å². The van der Waals surface area contributed by atoms with Gasteiger partial charge in [-0.1, -0.05) is 12.1 Å². The Bertz CT molecular complexity index is 795. The van der Waals surface area contributed by atoms with Gasteiger partial charge in [-0.25, -0.2) is 0 Å². The number of rotatable bonds is 4. The average Bonchev–Trinajstić information content (AvgIpc) is 3.16. The van der Waals surface area contributed by atoms with Gasteiger partial charge in [-0.3, -0.25) is 9.59 Å². The molecule has 0 aliphatic carbocycles. The van der Waals surface area contributed by atoms with Crippen molar-refractivity contribution in [1.29, 1.82) is 0 Å². The topological polar surface area (TPSA) is 58.6 Å². The van der Waals surface area contributed by atoms with Crippen LogP contribution in [0.1, 0.15) is 39.1 Å². The van der Waals surface area contributed by atoms with Crippen LogP contribution in [0.3, 0.4) is 0 Å². The van der Waals surface area contributed by atoms with Crippen LogP contribution in [0.5, 0.6) is 5.75 Å². The first-order chi connectivity index (χ1) is 12.1. The van der Waals surface area contributed by atoms with Crippen LogP contribution in [0.15, 0.2) is 42.5 Å². The van der Waals surface area contributed by atoms with Crippen molar-refractivity contribution in [3.05, 3.63) is 59.2 Å². The summed E-state index contributed by atoms with van der Waals surface area (Å²) in [7, 11) is 1.57. The number of ether oxygens (including phenoxy) is 1. The number of benzene rings is 2. The molecule has 1 N–H and O–H groups in total. The van der Waals surface area contributed by atoms with Crippen molar-refractivity contribution in [2.75, 3.05) is 25.5 Å².